The highest BCUT2D eigenvalue weighted by Crippen LogP contribution is 2.19. The quantitative estimate of drug-likeness (QED) is 0.364. The van der Waals surface area contributed by atoms with E-state index in [-0.39, 0.29) is 18.1 Å². The molecule has 0 spiro atoms. The molecular weight excluding hydrogens is 429 g/mol. The van der Waals surface area contributed by atoms with Gasteiger partial charge in [0.05, 0.1) is 6.42 Å². The highest BCUT2D eigenvalue weighted by atomic mass is 35.5. The van der Waals surface area contributed by atoms with Crippen LogP contribution in [-0.4, -0.2) is 27.5 Å². The molecule has 0 bridgehead atoms. The predicted molar refractivity (Wildman–Crippen MR) is 120 cm³/mol. The van der Waals surface area contributed by atoms with Gasteiger partial charge < -0.3 is 9.42 Å². The maximum atomic E-state index is 13.2. The fraction of sp³-hybridized carbons (Fsp3) is 0.160. The van der Waals surface area contributed by atoms with Gasteiger partial charge in [0.1, 0.15) is 5.82 Å². The average Bonchev–Trinajstić information content (AvgIpc) is 3.28. The lowest BCUT2D eigenvalue weighted by Gasteiger charge is -2.22. The smallest absolute Gasteiger partial charge is 0.228 e. The normalized spacial score (nSPS) is 10.8. The molecule has 0 atom stereocenters. The summed E-state index contributed by atoms with van der Waals surface area (Å²) in [5.41, 5.74) is 2.59. The minimum atomic E-state index is -0.324. The second-order valence-corrected chi connectivity index (χ2v) is 7.81. The molecule has 0 aliphatic carbocycles. The van der Waals surface area contributed by atoms with Crippen molar-refractivity contribution in [3.8, 4) is 11.4 Å². The molecule has 3 aromatic carbocycles. The summed E-state index contributed by atoms with van der Waals surface area (Å²) in [5.74, 6) is 0.541. The zero-order chi connectivity index (χ0) is 22.3. The molecule has 162 valence electrons. The Hall–Kier alpha value is -3.51. The molecule has 1 heterocycles. The lowest BCUT2D eigenvalue weighted by atomic mass is 10.1. The minimum Gasteiger partial charge on any atom is -0.339 e. The van der Waals surface area contributed by atoms with Crippen LogP contribution in [0.3, 0.4) is 0 Å². The lowest BCUT2D eigenvalue weighted by molar-refractivity contribution is -0.131. The highest BCUT2D eigenvalue weighted by molar-refractivity contribution is 6.30. The van der Waals surface area contributed by atoms with Gasteiger partial charge >= 0.3 is 0 Å². The summed E-state index contributed by atoms with van der Waals surface area (Å²) < 4.78 is 18.6. The number of carbonyl (C=O) groups excluding carboxylic acids is 1. The van der Waals surface area contributed by atoms with Gasteiger partial charge in [-0.05, 0) is 47.5 Å². The Morgan fingerprint density at radius 2 is 1.66 bits per heavy atom. The Morgan fingerprint density at radius 1 is 0.938 bits per heavy atom. The van der Waals surface area contributed by atoms with E-state index in [1.165, 1.54) is 12.1 Å². The third-order valence-electron chi connectivity index (χ3n) is 5.00. The van der Waals surface area contributed by atoms with Crippen LogP contribution in [0.2, 0.25) is 5.02 Å². The minimum absolute atomic E-state index is 0.0575. The molecular formula is C25H21ClFN3O2. The van der Waals surface area contributed by atoms with Crippen LogP contribution in [0.25, 0.3) is 11.4 Å². The number of hydrogen-bond donors (Lipinski definition) is 0. The van der Waals surface area contributed by atoms with Crippen LogP contribution in [0.1, 0.15) is 17.0 Å². The van der Waals surface area contributed by atoms with Gasteiger partial charge in [-0.3, -0.25) is 4.79 Å². The number of nitrogens with zero attached hydrogens (tertiary/aromatic N) is 3. The van der Waals surface area contributed by atoms with Crippen molar-refractivity contribution in [3.05, 3.63) is 107 Å². The molecule has 5 nitrogen and oxygen atoms in total. The molecule has 1 aromatic heterocycles. The summed E-state index contributed by atoms with van der Waals surface area (Å²) in [6.07, 6.45) is 0.607. The van der Waals surface area contributed by atoms with Crippen LogP contribution in [0.4, 0.5) is 4.39 Å². The van der Waals surface area contributed by atoms with Crippen LogP contribution in [0.15, 0.2) is 83.4 Å². The van der Waals surface area contributed by atoms with Crippen molar-refractivity contribution in [1.29, 1.82) is 0 Å². The molecule has 0 fully saturated rings. The van der Waals surface area contributed by atoms with E-state index in [2.05, 4.69) is 10.1 Å². The van der Waals surface area contributed by atoms with Gasteiger partial charge in [0.25, 0.3) is 0 Å². The van der Waals surface area contributed by atoms with E-state index in [1.807, 2.05) is 42.5 Å². The highest BCUT2D eigenvalue weighted by Gasteiger charge is 2.17. The molecule has 32 heavy (non-hydrogen) atoms. The molecule has 4 aromatic rings. The fourth-order valence-electron chi connectivity index (χ4n) is 3.29. The number of benzene rings is 3. The fourth-order valence-corrected chi connectivity index (χ4v) is 3.41. The molecule has 0 unspecified atom stereocenters. The van der Waals surface area contributed by atoms with E-state index in [1.54, 1.807) is 29.2 Å². The van der Waals surface area contributed by atoms with Crippen molar-refractivity contribution in [3.63, 3.8) is 0 Å². The standard InChI is InChI=1S/C25H21ClFN3O2/c26-21-10-8-20(9-11-21)25-28-23(32-29-25)14-15-30(17-19-4-2-1-3-5-19)24(31)16-18-6-12-22(27)13-7-18/h1-13H,14-17H2. The van der Waals surface area contributed by atoms with Crippen molar-refractivity contribution in [2.75, 3.05) is 6.54 Å². The van der Waals surface area contributed by atoms with Gasteiger partial charge in [-0.1, -0.05) is 59.2 Å². The van der Waals surface area contributed by atoms with Crippen molar-refractivity contribution in [1.82, 2.24) is 15.0 Å². The Bertz CT molecular complexity index is 1160. The molecule has 0 aliphatic heterocycles. The number of amides is 1. The summed E-state index contributed by atoms with van der Waals surface area (Å²) in [4.78, 5) is 19.2. The summed E-state index contributed by atoms with van der Waals surface area (Å²) in [7, 11) is 0. The molecule has 0 radical (unpaired) electrons. The zero-order valence-electron chi connectivity index (χ0n) is 17.2. The summed E-state index contributed by atoms with van der Waals surface area (Å²) in [6, 6.07) is 22.9. The predicted octanol–water partition coefficient (Wildman–Crippen LogP) is 5.34. The Balaban J connectivity index is 1.45. The van der Waals surface area contributed by atoms with Crippen LogP contribution < -0.4 is 0 Å². The van der Waals surface area contributed by atoms with Crippen molar-refractivity contribution in [2.24, 2.45) is 0 Å². The SMILES string of the molecule is O=C(Cc1ccc(F)cc1)N(CCc1nc(-c2ccc(Cl)cc2)no1)Cc1ccccc1. The molecule has 4 rings (SSSR count). The van der Waals surface area contributed by atoms with E-state index in [9.17, 15) is 9.18 Å². The first-order valence-corrected chi connectivity index (χ1v) is 10.6. The maximum Gasteiger partial charge on any atom is 0.228 e. The van der Waals surface area contributed by atoms with E-state index in [0.29, 0.717) is 36.2 Å². The van der Waals surface area contributed by atoms with Crippen LogP contribution >= 0.6 is 11.6 Å². The van der Waals surface area contributed by atoms with Gasteiger partial charge in [0.2, 0.25) is 17.6 Å². The van der Waals surface area contributed by atoms with Gasteiger partial charge in [-0.25, -0.2) is 4.39 Å². The third-order valence-corrected chi connectivity index (χ3v) is 5.26. The zero-order valence-corrected chi connectivity index (χ0v) is 18.0. The molecule has 7 heteroatoms. The first-order valence-electron chi connectivity index (χ1n) is 10.2. The van der Waals surface area contributed by atoms with Crippen LogP contribution in [0.5, 0.6) is 0 Å². The average molecular weight is 450 g/mol. The molecule has 0 aliphatic rings. The van der Waals surface area contributed by atoms with Crippen LogP contribution in [0, 0.1) is 5.82 Å². The van der Waals surface area contributed by atoms with Crippen LogP contribution in [-0.2, 0) is 24.2 Å². The van der Waals surface area contributed by atoms with Gasteiger partial charge in [-0.2, -0.15) is 4.98 Å². The molecule has 0 saturated carbocycles. The van der Waals surface area contributed by atoms with Crippen molar-refractivity contribution < 1.29 is 13.7 Å². The molecule has 1 amide bonds. The number of rotatable bonds is 8. The van der Waals surface area contributed by atoms with E-state index < -0.39 is 0 Å². The maximum absolute atomic E-state index is 13.2. The summed E-state index contributed by atoms with van der Waals surface area (Å²) >= 11 is 5.93. The second-order valence-electron chi connectivity index (χ2n) is 7.37. The Morgan fingerprint density at radius 3 is 2.38 bits per heavy atom. The topological polar surface area (TPSA) is 59.2 Å². The first-order chi connectivity index (χ1) is 15.6. The third kappa shape index (κ3) is 5.80. The molecule has 0 N–H and O–H groups in total. The van der Waals surface area contributed by atoms with E-state index in [4.69, 9.17) is 16.1 Å². The van der Waals surface area contributed by atoms with Gasteiger partial charge in [0, 0.05) is 30.1 Å². The van der Waals surface area contributed by atoms with Gasteiger partial charge in [0.15, 0.2) is 0 Å². The first kappa shape index (κ1) is 21.7. The number of halogens is 2. The van der Waals surface area contributed by atoms with Crippen molar-refractivity contribution >= 4 is 17.5 Å². The summed E-state index contributed by atoms with van der Waals surface area (Å²) in [6.45, 7) is 0.871. The second kappa shape index (κ2) is 10.2. The number of hydrogen-bond acceptors (Lipinski definition) is 4. The lowest BCUT2D eigenvalue weighted by Crippen LogP contribution is -2.33. The molecule has 0 saturated heterocycles. The number of aromatic nitrogens is 2. The largest absolute Gasteiger partial charge is 0.339 e. The Labute approximate surface area is 190 Å². The van der Waals surface area contributed by atoms with E-state index in [0.717, 1.165) is 16.7 Å². The monoisotopic (exact) mass is 449 g/mol. The van der Waals surface area contributed by atoms with Gasteiger partial charge in [-0.15, -0.1) is 0 Å². The Kier molecular flexibility index (Phi) is 6.92. The number of carbonyl (C=O) groups is 1. The van der Waals surface area contributed by atoms with E-state index >= 15 is 0 Å². The summed E-state index contributed by atoms with van der Waals surface area (Å²) in [5, 5.41) is 4.66. The van der Waals surface area contributed by atoms with Crippen molar-refractivity contribution in [2.45, 2.75) is 19.4 Å².